The molecular formula is C26H33ClN2O2. The van der Waals surface area contributed by atoms with Crippen LogP contribution in [-0.4, -0.2) is 17.9 Å². The molecule has 2 N–H and O–H groups in total. The Labute approximate surface area is 190 Å². The van der Waals surface area contributed by atoms with Crippen LogP contribution in [0.25, 0.3) is 0 Å². The summed E-state index contributed by atoms with van der Waals surface area (Å²) in [6, 6.07) is 13.5. The van der Waals surface area contributed by atoms with E-state index in [9.17, 15) is 9.59 Å². The minimum absolute atomic E-state index is 0.118. The molecule has 0 heterocycles. The van der Waals surface area contributed by atoms with Gasteiger partial charge in [0.2, 0.25) is 5.91 Å². The second kappa shape index (κ2) is 10.8. The summed E-state index contributed by atoms with van der Waals surface area (Å²) >= 11 is 6.31. The van der Waals surface area contributed by atoms with Gasteiger partial charge in [-0.2, -0.15) is 0 Å². The van der Waals surface area contributed by atoms with E-state index in [1.165, 1.54) is 12.0 Å². The Morgan fingerprint density at radius 1 is 1.00 bits per heavy atom. The second-order valence-electron chi connectivity index (χ2n) is 9.05. The second-order valence-corrected chi connectivity index (χ2v) is 9.46. The third-order valence-corrected chi connectivity index (χ3v) is 6.27. The molecule has 2 amide bonds. The SMILES string of the molecule is CC(C)Cc1ccc([C@H](C)C(=O)Nc2cc(C(=O)NC3CCCCC3)ccc2Cl)cc1. The summed E-state index contributed by atoms with van der Waals surface area (Å²) in [5.74, 6) is -0.00334. The van der Waals surface area contributed by atoms with Crippen molar-refractivity contribution in [3.8, 4) is 0 Å². The van der Waals surface area contributed by atoms with Gasteiger partial charge in [0.25, 0.3) is 5.91 Å². The molecule has 0 spiro atoms. The van der Waals surface area contributed by atoms with Gasteiger partial charge in [0.15, 0.2) is 0 Å². The van der Waals surface area contributed by atoms with Crippen LogP contribution in [0.2, 0.25) is 5.02 Å². The van der Waals surface area contributed by atoms with Crippen LogP contribution in [0.5, 0.6) is 0 Å². The number of carbonyl (C=O) groups is 2. The number of amides is 2. The lowest BCUT2D eigenvalue weighted by atomic mass is 9.95. The van der Waals surface area contributed by atoms with Gasteiger partial charge < -0.3 is 10.6 Å². The molecule has 0 radical (unpaired) electrons. The topological polar surface area (TPSA) is 58.2 Å². The summed E-state index contributed by atoms with van der Waals surface area (Å²) in [4.78, 5) is 25.5. The Bertz CT molecular complexity index is 902. The molecule has 1 aliphatic rings. The molecular weight excluding hydrogens is 408 g/mol. The fourth-order valence-corrected chi connectivity index (χ4v) is 4.25. The number of halogens is 1. The van der Waals surface area contributed by atoms with Gasteiger partial charge in [0.05, 0.1) is 16.6 Å². The van der Waals surface area contributed by atoms with Crippen LogP contribution < -0.4 is 10.6 Å². The van der Waals surface area contributed by atoms with Gasteiger partial charge in [0, 0.05) is 11.6 Å². The zero-order valence-electron chi connectivity index (χ0n) is 18.7. The molecule has 31 heavy (non-hydrogen) atoms. The number of rotatable bonds is 7. The Kier molecular flexibility index (Phi) is 8.14. The molecule has 3 rings (SSSR count). The van der Waals surface area contributed by atoms with E-state index in [1.807, 2.05) is 19.1 Å². The van der Waals surface area contributed by atoms with E-state index >= 15 is 0 Å². The number of anilines is 1. The minimum atomic E-state index is -0.330. The maximum atomic E-state index is 12.9. The largest absolute Gasteiger partial charge is 0.349 e. The van der Waals surface area contributed by atoms with Crippen LogP contribution >= 0.6 is 11.6 Å². The van der Waals surface area contributed by atoms with E-state index in [0.29, 0.717) is 22.2 Å². The lowest BCUT2D eigenvalue weighted by Gasteiger charge is -2.23. The van der Waals surface area contributed by atoms with Crippen molar-refractivity contribution < 1.29 is 9.59 Å². The van der Waals surface area contributed by atoms with Gasteiger partial charge in [-0.05, 0) is 61.4 Å². The Morgan fingerprint density at radius 2 is 1.68 bits per heavy atom. The van der Waals surface area contributed by atoms with Gasteiger partial charge in [-0.25, -0.2) is 0 Å². The van der Waals surface area contributed by atoms with Gasteiger partial charge >= 0.3 is 0 Å². The monoisotopic (exact) mass is 440 g/mol. The fraction of sp³-hybridized carbons (Fsp3) is 0.462. The smallest absolute Gasteiger partial charge is 0.251 e. The first kappa shape index (κ1) is 23.3. The van der Waals surface area contributed by atoms with Crippen molar-refractivity contribution in [1.82, 2.24) is 5.32 Å². The predicted octanol–water partition coefficient (Wildman–Crippen LogP) is 6.34. The lowest BCUT2D eigenvalue weighted by Crippen LogP contribution is -2.36. The average Bonchev–Trinajstić information content (AvgIpc) is 2.75. The molecule has 0 aromatic heterocycles. The molecule has 0 bridgehead atoms. The van der Waals surface area contributed by atoms with E-state index < -0.39 is 0 Å². The van der Waals surface area contributed by atoms with Gasteiger partial charge in [-0.1, -0.05) is 69.0 Å². The summed E-state index contributed by atoms with van der Waals surface area (Å²) in [5.41, 5.74) is 3.20. The molecule has 1 atom stereocenters. The molecule has 166 valence electrons. The van der Waals surface area contributed by atoms with E-state index in [1.54, 1.807) is 18.2 Å². The van der Waals surface area contributed by atoms with Crippen molar-refractivity contribution in [1.29, 1.82) is 0 Å². The fourth-order valence-electron chi connectivity index (χ4n) is 4.08. The van der Waals surface area contributed by atoms with E-state index in [0.717, 1.165) is 37.7 Å². The van der Waals surface area contributed by atoms with Crippen LogP contribution in [0.1, 0.15) is 80.3 Å². The first-order valence-electron chi connectivity index (χ1n) is 11.3. The summed E-state index contributed by atoms with van der Waals surface area (Å²) < 4.78 is 0. The van der Waals surface area contributed by atoms with Crippen molar-refractivity contribution in [2.75, 3.05) is 5.32 Å². The highest BCUT2D eigenvalue weighted by Crippen LogP contribution is 2.26. The normalized spacial score (nSPS) is 15.5. The summed E-state index contributed by atoms with van der Waals surface area (Å²) in [6.07, 6.45) is 6.62. The van der Waals surface area contributed by atoms with Crippen LogP contribution in [0.15, 0.2) is 42.5 Å². The van der Waals surface area contributed by atoms with E-state index in [4.69, 9.17) is 11.6 Å². The van der Waals surface area contributed by atoms with Crippen molar-refractivity contribution in [2.24, 2.45) is 5.92 Å². The Morgan fingerprint density at radius 3 is 2.32 bits per heavy atom. The highest BCUT2D eigenvalue weighted by molar-refractivity contribution is 6.34. The molecule has 1 aliphatic carbocycles. The third kappa shape index (κ3) is 6.57. The van der Waals surface area contributed by atoms with Crippen molar-refractivity contribution in [3.05, 3.63) is 64.2 Å². The zero-order chi connectivity index (χ0) is 22.4. The van der Waals surface area contributed by atoms with E-state index in [-0.39, 0.29) is 23.8 Å². The quantitative estimate of drug-likeness (QED) is 0.527. The number of carbonyl (C=O) groups excluding carboxylic acids is 2. The number of benzene rings is 2. The molecule has 0 unspecified atom stereocenters. The number of hydrogen-bond acceptors (Lipinski definition) is 2. The summed E-state index contributed by atoms with van der Waals surface area (Å²) in [7, 11) is 0. The van der Waals surface area contributed by atoms with Crippen molar-refractivity contribution >= 4 is 29.1 Å². The maximum Gasteiger partial charge on any atom is 0.251 e. The average molecular weight is 441 g/mol. The molecule has 5 heteroatoms. The lowest BCUT2D eigenvalue weighted by molar-refractivity contribution is -0.117. The predicted molar refractivity (Wildman–Crippen MR) is 128 cm³/mol. The first-order valence-corrected chi connectivity index (χ1v) is 11.7. The Balaban J connectivity index is 1.66. The summed E-state index contributed by atoms with van der Waals surface area (Å²) in [5, 5.41) is 6.43. The number of hydrogen-bond donors (Lipinski definition) is 2. The highest BCUT2D eigenvalue weighted by Gasteiger charge is 2.20. The summed E-state index contributed by atoms with van der Waals surface area (Å²) in [6.45, 7) is 6.26. The molecule has 2 aromatic rings. The first-order chi connectivity index (χ1) is 14.8. The van der Waals surface area contributed by atoms with Crippen LogP contribution in [-0.2, 0) is 11.2 Å². The molecule has 4 nitrogen and oxygen atoms in total. The minimum Gasteiger partial charge on any atom is -0.349 e. The molecule has 0 saturated heterocycles. The van der Waals surface area contributed by atoms with Crippen LogP contribution in [0.4, 0.5) is 5.69 Å². The van der Waals surface area contributed by atoms with Gasteiger partial charge in [-0.15, -0.1) is 0 Å². The van der Waals surface area contributed by atoms with E-state index in [2.05, 4.69) is 36.6 Å². The number of nitrogens with one attached hydrogen (secondary N) is 2. The van der Waals surface area contributed by atoms with Gasteiger partial charge in [-0.3, -0.25) is 9.59 Å². The molecule has 1 fully saturated rings. The molecule has 2 aromatic carbocycles. The molecule has 0 aliphatic heterocycles. The molecule has 1 saturated carbocycles. The maximum absolute atomic E-state index is 12.9. The van der Waals surface area contributed by atoms with Crippen molar-refractivity contribution in [3.63, 3.8) is 0 Å². The van der Waals surface area contributed by atoms with Crippen molar-refractivity contribution in [2.45, 2.75) is 71.3 Å². The third-order valence-electron chi connectivity index (χ3n) is 5.94. The standard InChI is InChI=1S/C26H33ClN2O2/c1-17(2)15-19-9-11-20(12-10-19)18(3)25(30)29-24-16-21(13-14-23(24)27)26(31)28-22-7-5-4-6-8-22/h9-14,16-18,22H,4-8,15H2,1-3H3,(H,28,31)(H,29,30)/t18-/m0/s1. The van der Waals surface area contributed by atoms with Crippen LogP contribution in [0.3, 0.4) is 0 Å². The Hall–Kier alpha value is -2.33. The zero-order valence-corrected chi connectivity index (χ0v) is 19.5. The highest BCUT2D eigenvalue weighted by atomic mass is 35.5. The van der Waals surface area contributed by atoms with Crippen LogP contribution in [0, 0.1) is 5.92 Å². The van der Waals surface area contributed by atoms with Gasteiger partial charge in [0.1, 0.15) is 0 Å².